The van der Waals surface area contributed by atoms with Gasteiger partial charge in [-0.25, -0.2) is 9.48 Å². The number of benzene rings is 2. The molecule has 5 rings (SSSR count). The van der Waals surface area contributed by atoms with Gasteiger partial charge in [0.25, 0.3) is 0 Å². The van der Waals surface area contributed by atoms with Crippen molar-refractivity contribution in [2.75, 3.05) is 5.32 Å². The first-order valence-electron chi connectivity index (χ1n) is 13.6. The molecule has 0 saturated heterocycles. The zero-order valence-electron chi connectivity index (χ0n) is 23.3. The van der Waals surface area contributed by atoms with Gasteiger partial charge in [-0.05, 0) is 56.5 Å². The number of nitrogens with zero attached hydrogens (tertiary/aromatic N) is 5. The minimum atomic E-state index is -0.287. The van der Waals surface area contributed by atoms with Crippen molar-refractivity contribution < 1.29 is 9.53 Å². The first kappa shape index (κ1) is 26.9. The number of ether oxygens (including phenoxy) is 1. The number of urea groups is 1. The number of pyridine rings is 1. The summed E-state index contributed by atoms with van der Waals surface area (Å²) in [4.78, 5) is 13.0. The second kappa shape index (κ2) is 12.0. The number of nitrogens with one attached hydrogen (secondary N) is 2. The third-order valence-electron chi connectivity index (χ3n) is 6.76. The molecule has 2 atom stereocenters. The van der Waals surface area contributed by atoms with Gasteiger partial charge in [-0.15, -0.1) is 10.2 Å². The topological polar surface area (TPSA) is 98.4 Å². The van der Waals surface area contributed by atoms with Crippen LogP contribution in [0.25, 0.3) is 11.3 Å². The molecule has 3 aromatic heterocycles. The zero-order chi connectivity index (χ0) is 28.1. The molecule has 9 nitrogen and oxygen atoms in total. The van der Waals surface area contributed by atoms with Crippen molar-refractivity contribution in [3.8, 4) is 11.4 Å². The first-order valence-corrected chi connectivity index (χ1v) is 13.6. The lowest BCUT2D eigenvalue weighted by Gasteiger charge is -2.22. The van der Waals surface area contributed by atoms with E-state index >= 15 is 0 Å². The van der Waals surface area contributed by atoms with E-state index in [0.29, 0.717) is 12.1 Å². The Morgan fingerprint density at radius 1 is 0.925 bits per heavy atom. The predicted molar refractivity (Wildman–Crippen MR) is 156 cm³/mol. The molecule has 0 spiro atoms. The van der Waals surface area contributed by atoms with E-state index in [-0.39, 0.29) is 24.1 Å². The molecule has 0 radical (unpaired) electrons. The van der Waals surface area contributed by atoms with Crippen LogP contribution in [-0.4, -0.2) is 36.5 Å². The molecule has 5 aromatic rings. The van der Waals surface area contributed by atoms with Crippen LogP contribution in [0.3, 0.4) is 0 Å². The molecular formula is C31H35N7O2. The van der Waals surface area contributed by atoms with E-state index in [1.165, 1.54) is 5.56 Å². The summed E-state index contributed by atoms with van der Waals surface area (Å²) in [5, 5.41) is 19.0. The van der Waals surface area contributed by atoms with Crippen LogP contribution < -0.4 is 15.4 Å². The summed E-state index contributed by atoms with van der Waals surface area (Å²) in [6.45, 7) is 8.27. The molecule has 9 heteroatoms. The summed E-state index contributed by atoms with van der Waals surface area (Å²) in [5.74, 6) is 1.91. The fourth-order valence-corrected chi connectivity index (χ4v) is 4.60. The number of aromatic nitrogens is 5. The zero-order valence-corrected chi connectivity index (χ0v) is 23.3. The standard InChI is InChI=1S/C31H35N7O2/c1-21(2)30-36-35-29-17-15-27(20-37(29)30)40-23(4)12-16-28(24-8-6-5-7-9-24)34-31(39)33-25-18-32-38(19-25)26-13-10-22(3)11-14-26/h5-11,13-15,17-21,23,28H,12,16H2,1-4H3,(H2,33,34,39)/t23-,28+/m1/s1. The molecule has 3 heterocycles. The highest BCUT2D eigenvalue weighted by Gasteiger charge is 2.18. The predicted octanol–water partition coefficient (Wildman–Crippen LogP) is 6.46. The molecule has 0 bridgehead atoms. The van der Waals surface area contributed by atoms with Crippen LogP contribution in [0.15, 0.2) is 85.3 Å². The van der Waals surface area contributed by atoms with Crippen molar-refractivity contribution in [2.24, 2.45) is 0 Å². The molecule has 0 saturated carbocycles. The van der Waals surface area contributed by atoms with E-state index in [2.05, 4.69) is 39.8 Å². The normalized spacial score (nSPS) is 12.8. The Bertz CT molecular complexity index is 1560. The Kier molecular flexibility index (Phi) is 8.10. The molecule has 2 aromatic carbocycles. The molecule has 206 valence electrons. The van der Waals surface area contributed by atoms with E-state index in [1.54, 1.807) is 17.1 Å². The summed E-state index contributed by atoms with van der Waals surface area (Å²) in [5.41, 5.74) is 4.56. The fraction of sp³-hybridized carbons (Fsp3) is 0.290. The van der Waals surface area contributed by atoms with Gasteiger partial charge in [0.15, 0.2) is 5.65 Å². The number of carbonyl (C=O) groups is 1. The van der Waals surface area contributed by atoms with E-state index < -0.39 is 0 Å². The summed E-state index contributed by atoms with van der Waals surface area (Å²) in [6, 6.07) is 21.4. The van der Waals surface area contributed by atoms with Crippen LogP contribution in [-0.2, 0) is 0 Å². The summed E-state index contributed by atoms with van der Waals surface area (Å²) in [7, 11) is 0. The second-order valence-electron chi connectivity index (χ2n) is 10.4. The minimum Gasteiger partial charge on any atom is -0.489 e. The van der Waals surface area contributed by atoms with Crippen molar-refractivity contribution in [2.45, 2.75) is 58.6 Å². The van der Waals surface area contributed by atoms with Gasteiger partial charge < -0.3 is 15.4 Å². The van der Waals surface area contributed by atoms with Crippen LogP contribution in [0, 0.1) is 6.92 Å². The van der Waals surface area contributed by atoms with E-state index in [9.17, 15) is 4.79 Å². The van der Waals surface area contributed by atoms with Gasteiger partial charge in [-0.3, -0.25) is 4.40 Å². The van der Waals surface area contributed by atoms with Gasteiger partial charge in [0.2, 0.25) is 0 Å². The van der Waals surface area contributed by atoms with Crippen LogP contribution in [0.1, 0.15) is 62.5 Å². The lowest BCUT2D eigenvalue weighted by atomic mass is 10.0. The van der Waals surface area contributed by atoms with Crippen molar-refractivity contribution in [1.82, 2.24) is 29.7 Å². The molecule has 0 aliphatic carbocycles. The van der Waals surface area contributed by atoms with E-state index in [0.717, 1.165) is 34.9 Å². The van der Waals surface area contributed by atoms with Crippen molar-refractivity contribution in [3.05, 3.63) is 102 Å². The number of hydrogen-bond acceptors (Lipinski definition) is 5. The van der Waals surface area contributed by atoms with E-state index in [1.807, 2.05) is 91.2 Å². The summed E-state index contributed by atoms with van der Waals surface area (Å²) >= 11 is 0. The first-order chi connectivity index (χ1) is 19.4. The van der Waals surface area contributed by atoms with Gasteiger partial charge in [-0.1, -0.05) is 61.9 Å². The van der Waals surface area contributed by atoms with Crippen LogP contribution in [0.4, 0.5) is 10.5 Å². The minimum absolute atomic E-state index is 0.0692. The Hall–Kier alpha value is -4.66. The van der Waals surface area contributed by atoms with Gasteiger partial charge in [0, 0.05) is 5.92 Å². The van der Waals surface area contributed by atoms with Crippen molar-refractivity contribution in [3.63, 3.8) is 0 Å². The lowest BCUT2D eigenvalue weighted by molar-refractivity contribution is 0.199. The molecule has 2 amide bonds. The Morgan fingerprint density at radius 3 is 2.45 bits per heavy atom. The lowest BCUT2D eigenvalue weighted by Crippen LogP contribution is -2.33. The third-order valence-corrected chi connectivity index (χ3v) is 6.76. The highest BCUT2D eigenvalue weighted by molar-refractivity contribution is 5.89. The van der Waals surface area contributed by atoms with Crippen LogP contribution >= 0.6 is 0 Å². The fourth-order valence-electron chi connectivity index (χ4n) is 4.60. The largest absolute Gasteiger partial charge is 0.489 e. The van der Waals surface area contributed by atoms with Gasteiger partial charge in [0.1, 0.15) is 11.6 Å². The number of fused-ring (bicyclic) bond motifs is 1. The maximum Gasteiger partial charge on any atom is 0.319 e. The maximum atomic E-state index is 13.0. The van der Waals surface area contributed by atoms with Gasteiger partial charge in [-0.2, -0.15) is 5.10 Å². The number of aryl methyl sites for hydroxylation is 1. The number of rotatable bonds is 10. The monoisotopic (exact) mass is 537 g/mol. The second-order valence-corrected chi connectivity index (χ2v) is 10.4. The SMILES string of the molecule is Cc1ccc(-n2cc(NC(=O)N[C@@H](CC[C@@H](C)Oc3ccc4nnc(C(C)C)n4c3)c3ccccc3)cn2)cc1. The molecular weight excluding hydrogens is 502 g/mol. The average Bonchev–Trinajstić information content (AvgIpc) is 3.59. The van der Waals surface area contributed by atoms with Crippen molar-refractivity contribution >= 4 is 17.4 Å². The molecule has 40 heavy (non-hydrogen) atoms. The van der Waals surface area contributed by atoms with Gasteiger partial charge in [0.05, 0.1) is 42.1 Å². The Balaban J connectivity index is 1.21. The number of hydrogen-bond donors (Lipinski definition) is 2. The molecule has 2 N–H and O–H groups in total. The van der Waals surface area contributed by atoms with Crippen LogP contribution in [0.5, 0.6) is 5.75 Å². The van der Waals surface area contributed by atoms with Crippen molar-refractivity contribution in [1.29, 1.82) is 0 Å². The third kappa shape index (κ3) is 6.48. The molecule has 0 unspecified atom stereocenters. The quantitative estimate of drug-likeness (QED) is 0.213. The molecule has 0 fully saturated rings. The number of amides is 2. The molecule has 0 aliphatic heterocycles. The average molecular weight is 538 g/mol. The highest BCUT2D eigenvalue weighted by atomic mass is 16.5. The Labute approximate surface area is 234 Å². The smallest absolute Gasteiger partial charge is 0.319 e. The summed E-state index contributed by atoms with van der Waals surface area (Å²) < 4.78 is 9.97. The van der Waals surface area contributed by atoms with Gasteiger partial charge >= 0.3 is 6.03 Å². The Morgan fingerprint density at radius 2 is 1.70 bits per heavy atom. The molecule has 0 aliphatic rings. The highest BCUT2D eigenvalue weighted by Crippen LogP contribution is 2.23. The maximum absolute atomic E-state index is 13.0. The number of anilines is 1. The van der Waals surface area contributed by atoms with Crippen LogP contribution in [0.2, 0.25) is 0 Å². The van der Waals surface area contributed by atoms with E-state index in [4.69, 9.17) is 4.74 Å². The number of carbonyl (C=O) groups excluding carboxylic acids is 1. The summed E-state index contributed by atoms with van der Waals surface area (Å²) in [6.07, 6.45) is 6.76.